The fourth-order valence-electron chi connectivity index (χ4n) is 1.47. The molecule has 0 bridgehead atoms. The van der Waals surface area contributed by atoms with Crippen LogP contribution in [0.4, 0.5) is 4.79 Å². The Hall–Kier alpha value is -1.27. The Balaban J connectivity index is 4.52. The van der Waals surface area contributed by atoms with Gasteiger partial charge in [-0.05, 0) is 0 Å². The number of rotatable bonds is 7. The number of carbonyl (C=O) groups excluding carboxylic acids is 3. The fourth-order valence-corrected chi connectivity index (χ4v) is 2.46. The second-order valence-corrected chi connectivity index (χ2v) is 7.80. The standard InChI is InChI=1S/C14H26N2O5Se/c1-9(15-13(19)21-14(2,3)4)11(17)16-10(7-8-22-6)12(18)20-5/h9-10H,7-8H2,1-6H3,(H,15,19)(H,16,17)/t9-,10-/m0/s1. The van der Waals surface area contributed by atoms with Crippen molar-refractivity contribution in [3.8, 4) is 0 Å². The molecular weight excluding hydrogens is 355 g/mol. The van der Waals surface area contributed by atoms with Crippen LogP contribution in [0.3, 0.4) is 0 Å². The number of methoxy groups -OCH3 is 1. The molecule has 0 spiro atoms. The maximum absolute atomic E-state index is 12.1. The molecule has 0 fully saturated rings. The van der Waals surface area contributed by atoms with Gasteiger partial charge in [-0.15, -0.1) is 0 Å². The Kier molecular flexibility index (Phi) is 9.13. The number of nitrogens with one attached hydrogen (secondary N) is 2. The van der Waals surface area contributed by atoms with E-state index < -0.39 is 35.7 Å². The Bertz CT molecular complexity index is 395. The summed E-state index contributed by atoms with van der Waals surface area (Å²) in [7, 11) is 1.28. The molecule has 0 saturated carbocycles. The molecule has 0 saturated heterocycles. The van der Waals surface area contributed by atoms with E-state index in [1.54, 1.807) is 20.8 Å². The molecule has 2 N–H and O–H groups in total. The summed E-state index contributed by atoms with van der Waals surface area (Å²) in [6.07, 6.45) is -0.157. The van der Waals surface area contributed by atoms with Crippen molar-refractivity contribution in [2.45, 2.75) is 62.9 Å². The summed E-state index contributed by atoms with van der Waals surface area (Å²) in [4.78, 5) is 35.3. The van der Waals surface area contributed by atoms with Crippen LogP contribution < -0.4 is 10.6 Å². The summed E-state index contributed by atoms with van der Waals surface area (Å²) >= 11 is 0.400. The molecule has 0 aliphatic carbocycles. The van der Waals surface area contributed by atoms with E-state index in [-0.39, 0.29) is 0 Å². The van der Waals surface area contributed by atoms with E-state index in [9.17, 15) is 14.4 Å². The zero-order valence-electron chi connectivity index (χ0n) is 14.0. The minimum absolute atomic E-state index is 0.400. The molecule has 0 radical (unpaired) electrons. The van der Waals surface area contributed by atoms with Crippen LogP contribution in [0.2, 0.25) is 11.1 Å². The summed E-state index contributed by atoms with van der Waals surface area (Å²) < 4.78 is 9.76. The summed E-state index contributed by atoms with van der Waals surface area (Å²) in [5.74, 6) is 1.11. The van der Waals surface area contributed by atoms with Crippen LogP contribution >= 0.6 is 0 Å². The SMILES string of the molecule is COC(=O)[C@H](CC[Se]C)NC(=O)[C@H](C)NC(=O)OC(C)(C)C. The number of amides is 2. The molecule has 0 aliphatic heterocycles. The maximum atomic E-state index is 12.1. The quantitative estimate of drug-likeness (QED) is 0.509. The van der Waals surface area contributed by atoms with Gasteiger partial charge < -0.3 is 0 Å². The third-order valence-electron chi connectivity index (χ3n) is 2.54. The van der Waals surface area contributed by atoms with E-state index in [2.05, 4.69) is 21.2 Å². The normalized spacial score (nSPS) is 13.7. The molecule has 0 aliphatic rings. The molecule has 8 heteroatoms. The number of carbonyl (C=O) groups is 3. The Morgan fingerprint density at radius 2 is 1.77 bits per heavy atom. The number of alkyl carbamates (subject to hydrolysis) is 1. The molecule has 22 heavy (non-hydrogen) atoms. The fraction of sp³-hybridized carbons (Fsp3) is 0.786. The van der Waals surface area contributed by atoms with Crippen molar-refractivity contribution in [3.63, 3.8) is 0 Å². The first-order valence-corrected chi connectivity index (χ1v) is 9.89. The molecule has 0 heterocycles. The number of ether oxygens (including phenoxy) is 2. The third kappa shape index (κ3) is 8.89. The predicted molar refractivity (Wildman–Crippen MR) is 83.8 cm³/mol. The van der Waals surface area contributed by atoms with Crippen LogP contribution in [0, 0.1) is 0 Å². The van der Waals surface area contributed by atoms with Gasteiger partial charge in [0.25, 0.3) is 0 Å². The molecule has 0 aromatic heterocycles. The van der Waals surface area contributed by atoms with Gasteiger partial charge in [-0.1, -0.05) is 0 Å². The van der Waals surface area contributed by atoms with Gasteiger partial charge in [0.15, 0.2) is 0 Å². The number of hydrogen-bond donors (Lipinski definition) is 2. The summed E-state index contributed by atoms with van der Waals surface area (Å²) in [6.45, 7) is 6.72. The van der Waals surface area contributed by atoms with Crippen LogP contribution in [-0.2, 0) is 19.1 Å². The second-order valence-electron chi connectivity index (χ2n) is 5.73. The van der Waals surface area contributed by atoms with Crippen molar-refractivity contribution in [1.82, 2.24) is 10.6 Å². The van der Waals surface area contributed by atoms with Gasteiger partial charge in [0.1, 0.15) is 0 Å². The van der Waals surface area contributed by atoms with Gasteiger partial charge >= 0.3 is 137 Å². The van der Waals surface area contributed by atoms with Crippen molar-refractivity contribution in [3.05, 3.63) is 0 Å². The topological polar surface area (TPSA) is 93.7 Å². The molecule has 2 atom stereocenters. The van der Waals surface area contributed by atoms with Gasteiger partial charge in [-0.3, -0.25) is 0 Å². The third-order valence-corrected chi connectivity index (χ3v) is 3.89. The molecule has 0 unspecified atom stereocenters. The zero-order valence-corrected chi connectivity index (χ0v) is 15.7. The van der Waals surface area contributed by atoms with E-state index in [1.807, 2.05) is 0 Å². The minimum atomic E-state index is -0.811. The summed E-state index contributed by atoms with van der Waals surface area (Å²) in [6, 6.07) is -1.50. The zero-order chi connectivity index (χ0) is 17.3. The van der Waals surface area contributed by atoms with Crippen LogP contribution in [0.15, 0.2) is 0 Å². The van der Waals surface area contributed by atoms with Crippen molar-refractivity contribution in [2.75, 3.05) is 7.11 Å². The van der Waals surface area contributed by atoms with Crippen molar-refractivity contribution in [1.29, 1.82) is 0 Å². The summed E-state index contributed by atoms with van der Waals surface area (Å²) in [5, 5.41) is 5.88. The Morgan fingerprint density at radius 1 is 1.18 bits per heavy atom. The van der Waals surface area contributed by atoms with Gasteiger partial charge in [0, 0.05) is 0 Å². The Morgan fingerprint density at radius 3 is 2.23 bits per heavy atom. The van der Waals surface area contributed by atoms with E-state index in [1.165, 1.54) is 14.0 Å². The van der Waals surface area contributed by atoms with Gasteiger partial charge in [0.05, 0.1) is 0 Å². The van der Waals surface area contributed by atoms with Crippen molar-refractivity contribution >= 4 is 32.9 Å². The molecular formula is C14H26N2O5Se. The van der Waals surface area contributed by atoms with Gasteiger partial charge in [0.2, 0.25) is 0 Å². The molecule has 0 aromatic rings. The van der Waals surface area contributed by atoms with Crippen molar-refractivity contribution in [2.24, 2.45) is 0 Å². The first-order valence-electron chi connectivity index (χ1n) is 6.97. The second kappa shape index (κ2) is 9.69. The van der Waals surface area contributed by atoms with Gasteiger partial charge in [-0.25, -0.2) is 0 Å². The van der Waals surface area contributed by atoms with Crippen LogP contribution in [0.1, 0.15) is 34.1 Å². The van der Waals surface area contributed by atoms with Gasteiger partial charge in [-0.2, -0.15) is 0 Å². The first kappa shape index (κ1) is 20.7. The Labute approximate surface area is 138 Å². The summed E-state index contributed by atoms with van der Waals surface area (Å²) in [5.41, 5.74) is -0.641. The average Bonchev–Trinajstić information content (AvgIpc) is 2.39. The molecule has 0 aromatic carbocycles. The van der Waals surface area contributed by atoms with Crippen LogP contribution in [0.25, 0.3) is 0 Å². The average molecular weight is 381 g/mol. The van der Waals surface area contributed by atoms with E-state index in [0.717, 1.165) is 5.32 Å². The van der Waals surface area contributed by atoms with Crippen molar-refractivity contribution < 1.29 is 23.9 Å². The molecule has 128 valence electrons. The molecule has 0 rings (SSSR count). The molecule has 7 nitrogen and oxygen atoms in total. The van der Waals surface area contributed by atoms with Crippen LogP contribution in [0.5, 0.6) is 0 Å². The van der Waals surface area contributed by atoms with E-state index in [4.69, 9.17) is 4.74 Å². The molecule has 2 amide bonds. The van der Waals surface area contributed by atoms with E-state index >= 15 is 0 Å². The predicted octanol–water partition coefficient (Wildman–Crippen LogP) is 1.12. The monoisotopic (exact) mass is 382 g/mol. The van der Waals surface area contributed by atoms with Crippen LogP contribution in [-0.4, -0.2) is 57.7 Å². The number of hydrogen-bond acceptors (Lipinski definition) is 5. The number of esters is 1. The first-order chi connectivity index (χ1) is 10.1. The van der Waals surface area contributed by atoms with E-state index in [0.29, 0.717) is 21.4 Å².